The Morgan fingerprint density at radius 1 is 1.20 bits per heavy atom. The number of nitrogens with two attached hydrogens (primary N) is 1. The van der Waals surface area contributed by atoms with E-state index in [0.29, 0.717) is 11.8 Å². The molecule has 1 aromatic rings. The molecule has 1 aromatic heterocycles. The third-order valence-corrected chi connectivity index (χ3v) is 3.95. The van der Waals surface area contributed by atoms with Crippen molar-refractivity contribution in [1.82, 2.24) is 9.97 Å². The number of hydrogen-bond donors (Lipinski definition) is 2. The SMILES string of the molecule is CC1CCC(Nc2cc(N)nc(C(F)(F)F)n2)CC1C. The van der Waals surface area contributed by atoms with Crippen molar-refractivity contribution in [3.05, 3.63) is 11.9 Å². The van der Waals surface area contributed by atoms with E-state index in [-0.39, 0.29) is 17.7 Å². The maximum absolute atomic E-state index is 12.6. The van der Waals surface area contributed by atoms with Crippen LogP contribution in [0.2, 0.25) is 0 Å². The predicted octanol–water partition coefficient (Wildman–Crippen LogP) is 3.31. The Balaban J connectivity index is 2.12. The number of nitrogens with zero attached hydrogens (tertiary/aromatic N) is 2. The third kappa shape index (κ3) is 3.52. The van der Waals surface area contributed by atoms with Crippen molar-refractivity contribution >= 4 is 11.6 Å². The number of hydrogen-bond acceptors (Lipinski definition) is 4. The van der Waals surface area contributed by atoms with E-state index in [2.05, 4.69) is 29.1 Å². The molecule has 1 aliphatic carbocycles. The van der Waals surface area contributed by atoms with Crippen molar-refractivity contribution in [2.45, 2.75) is 45.3 Å². The van der Waals surface area contributed by atoms with Crippen LogP contribution in [0, 0.1) is 11.8 Å². The number of nitrogens with one attached hydrogen (secondary N) is 1. The highest BCUT2D eigenvalue weighted by molar-refractivity contribution is 5.45. The largest absolute Gasteiger partial charge is 0.451 e. The fourth-order valence-electron chi connectivity index (χ4n) is 2.55. The van der Waals surface area contributed by atoms with E-state index >= 15 is 0 Å². The Morgan fingerprint density at radius 2 is 1.90 bits per heavy atom. The Morgan fingerprint density at radius 3 is 2.50 bits per heavy atom. The predicted molar refractivity (Wildman–Crippen MR) is 71.0 cm³/mol. The molecule has 0 bridgehead atoms. The van der Waals surface area contributed by atoms with Gasteiger partial charge in [0.25, 0.3) is 0 Å². The Hall–Kier alpha value is -1.53. The van der Waals surface area contributed by atoms with E-state index in [1.54, 1.807) is 0 Å². The van der Waals surface area contributed by atoms with Crippen LogP contribution in [0.15, 0.2) is 6.07 Å². The summed E-state index contributed by atoms with van der Waals surface area (Å²) in [7, 11) is 0. The quantitative estimate of drug-likeness (QED) is 0.876. The average molecular weight is 288 g/mol. The monoisotopic (exact) mass is 288 g/mol. The number of anilines is 2. The molecule has 0 spiro atoms. The van der Waals surface area contributed by atoms with E-state index in [9.17, 15) is 13.2 Å². The van der Waals surface area contributed by atoms with E-state index in [0.717, 1.165) is 19.3 Å². The lowest BCUT2D eigenvalue weighted by Crippen LogP contribution is -2.31. The summed E-state index contributed by atoms with van der Waals surface area (Å²) in [6.07, 6.45) is -1.67. The van der Waals surface area contributed by atoms with Crippen molar-refractivity contribution in [2.75, 3.05) is 11.1 Å². The highest BCUT2D eigenvalue weighted by atomic mass is 19.4. The summed E-state index contributed by atoms with van der Waals surface area (Å²) < 4.78 is 37.9. The first-order chi connectivity index (χ1) is 9.25. The Bertz CT molecular complexity index is 475. The molecule has 1 fully saturated rings. The molecule has 1 heterocycles. The lowest BCUT2D eigenvalue weighted by molar-refractivity contribution is -0.144. The van der Waals surface area contributed by atoms with Gasteiger partial charge >= 0.3 is 6.18 Å². The molecular weight excluding hydrogens is 269 g/mol. The molecule has 3 N–H and O–H groups in total. The van der Waals surface area contributed by atoms with Crippen molar-refractivity contribution in [1.29, 1.82) is 0 Å². The number of rotatable bonds is 2. The van der Waals surface area contributed by atoms with Gasteiger partial charge in [-0.3, -0.25) is 0 Å². The summed E-state index contributed by atoms with van der Waals surface area (Å²) in [5, 5.41) is 3.05. The number of nitrogen functional groups attached to an aromatic ring is 1. The van der Waals surface area contributed by atoms with E-state index in [1.165, 1.54) is 6.07 Å². The second-order valence-electron chi connectivity index (χ2n) is 5.61. The fourth-order valence-corrected chi connectivity index (χ4v) is 2.55. The summed E-state index contributed by atoms with van der Waals surface area (Å²) in [5.74, 6) is -0.0300. The van der Waals surface area contributed by atoms with Crippen LogP contribution in [0.1, 0.15) is 38.9 Å². The highest BCUT2D eigenvalue weighted by Crippen LogP contribution is 2.32. The molecule has 20 heavy (non-hydrogen) atoms. The molecule has 2 rings (SSSR count). The van der Waals surface area contributed by atoms with Crippen LogP contribution < -0.4 is 11.1 Å². The molecule has 0 amide bonds. The minimum atomic E-state index is -4.58. The molecule has 3 unspecified atom stereocenters. The molecule has 1 aliphatic rings. The summed E-state index contributed by atoms with van der Waals surface area (Å²) in [6.45, 7) is 4.36. The average Bonchev–Trinajstić information content (AvgIpc) is 2.32. The van der Waals surface area contributed by atoms with Gasteiger partial charge < -0.3 is 11.1 Å². The Kier molecular flexibility index (Phi) is 4.06. The molecule has 0 saturated heterocycles. The van der Waals surface area contributed by atoms with Gasteiger partial charge in [0.1, 0.15) is 11.6 Å². The van der Waals surface area contributed by atoms with Crippen LogP contribution in [0.4, 0.5) is 24.8 Å². The standard InChI is InChI=1S/C13H19F3N4/c1-7-3-4-9(5-8(7)2)18-11-6-10(17)19-12(20-11)13(14,15)16/h6-9H,3-5H2,1-2H3,(H3,17,18,19,20). The normalized spacial score (nSPS) is 27.4. The van der Waals surface area contributed by atoms with Gasteiger partial charge in [-0.25, -0.2) is 9.97 Å². The molecule has 4 nitrogen and oxygen atoms in total. The first-order valence-corrected chi connectivity index (χ1v) is 6.74. The fraction of sp³-hybridized carbons (Fsp3) is 0.692. The number of aromatic nitrogens is 2. The van der Waals surface area contributed by atoms with E-state index in [4.69, 9.17) is 5.73 Å². The zero-order valence-corrected chi connectivity index (χ0v) is 11.5. The molecule has 0 aromatic carbocycles. The van der Waals surface area contributed by atoms with E-state index < -0.39 is 12.0 Å². The zero-order chi connectivity index (χ0) is 14.9. The first kappa shape index (κ1) is 14.9. The van der Waals surface area contributed by atoms with Crippen LogP contribution in [-0.2, 0) is 6.18 Å². The lowest BCUT2D eigenvalue weighted by atomic mass is 9.79. The Labute approximate surface area is 116 Å². The van der Waals surface area contributed by atoms with Gasteiger partial charge in [-0.15, -0.1) is 0 Å². The van der Waals surface area contributed by atoms with Gasteiger partial charge in [-0.1, -0.05) is 13.8 Å². The zero-order valence-electron chi connectivity index (χ0n) is 11.5. The van der Waals surface area contributed by atoms with Gasteiger partial charge in [-0.2, -0.15) is 13.2 Å². The molecule has 1 saturated carbocycles. The number of halogens is 3. The first-order valence-electron chi connectivity index (χ1n) is 6.74. The van der Waals surface area contributed by atoms with Gasteiger partial charge in [0.2, 0.25) is 5.82 Å². The summed E-state index contributed by atoms with van der Waals surface area (Å²) in [6, 6.07) is 1.48. The lowest BCUT2D eigenvalue weighted by Gasteiger charge is -2.32. The van der Waals surface area contributed by atoms with Crippen LogP contribution in [0.5, 0.6) is 0 Å². The van der Waals surface area contributed by atoms with Crippen molar-refractivity contribution in [3.8, 4) is 0 Å². The van der Waals surface area contributed by atoms with Crippen LogP contribution in [-0.4, -0.2) is 16.0 Å². The summed E-state index contributed by atoms with van der Waals surface area (Å²) in [4.78, 5) is 6.74. The molecule has 0 aliphatic heterocycles. The molecular formula is C13H19F3N4. The number of alkyl halides is 3. The highest BCUT2D eigenvalue weighted by Gasteiger charge is 2.35. The van der Waals surface area contributed by atoms with Gasteiger partial charge in [0.15, 0.2) is 0 Å². The van der Waals surface area contributed by atoms with E-state index in [1.807, 2.05) is 0 Å². The second kappa shape index (κ2) is 5.46. The van der Waals surface area contributed by atoms with Gasteiger partial charge in [-0.05, 0) is 31.1 Å². The van der Waals surface area contributed by atoms with Crippen LogP contribution in [0.25, 0.3) is 0 Å². The smallest absolute Gasteiger partial charge is 0.384 e. The van der Waals surface area contributed by atoms with Crippen molar-refractivity contribution in [2.24, 2.45) is 11.8 Å². The maximum atomic E-state index is 12.6. The maximum Gasteiger partial charge on any atom is 0.451 e. The van der Waals surface area contributed by atoms with Crippen molar-refractivity contribution < 1.29 is 13.2 Å². The molecule has 0 radical (unpaired) electrons. The summed E-state index contributed by atoms with van der Waals surface area (Å²) in [5.41, 5.74) is 5.42. The minimum Gasteiger partial charge on any atom is -0.384 e. The van der Waals surface area contributed by atoms with Crippen LogP contribution in [0.3, 0.4) is 0 Å². The molecule has 7 heteroatoms. The minimum absolute atomic E-state index is 0.136. The van der Waals surface area contributed by atoms with Gasteiger partial charge in [0.05, 0.1) is 0 Å². The molecule has 112 valence electrons. The topological polar surface area (TPSA) is 63.8 Å². The van der Waals surface area contributed by atoms with Crippen molar-refractivity contribution in [3.63, 3.8) is 0 Å². The third-order valence-electron chi connectivity index (χ3n) is 3.95. The summed E-state index contributed by atoms with van der Waals surface area (Å²) >= 11 is 0. The van der Waals surface area contributed by atoms with Crippen LogP contribution >= 0.6 is 0 Å². The molecule has 3 atom stereocenters. The second-order valence-corrected chi connectivity index (χ2v) is 5.61. The van der Waals surface area contributed by atoms with Gasteiger partial charge in [0, 0.05) is 12.1 Å².